The van der Waals surface area contributed by atoms with E-state index in [2.05, 4.69) is 21.7 Å². The van der Waals surface area contributed by atoms with E-state index in [-0.39, 0.29) is 30.2 Å². The average Bonchev–Trinajstić information content (AvgIpc) is 2.61. The van der Waals surface area contributed by atoms with Gasteiger partial charge in [-0.05, 0) is 50.6 Å². The van der Waals surface area contributed by atoms with Crippen molar-refractivity contribution in [2.24, 2.45) is 0 Å². The number of nitrogens with one attached hydrogen (secondary N) is 2. The van der Waals surface area contributed by atoms with Gasteiger partial charge in [0, 0.05) is 23.2 Å². The molecule has 1 aromatic heterocycles. The lowest BCUT2D eigenvalue weighted by molar-refractivity contribution is 0.208. The third-order valence-corrected chi connectivity index (χ3v) is 4.88. The van der Waals surface area contributed by atoms with Gasteiger partial charge in [0.25, 0.3) is 0 Å². The summed E-state index contributed by atoms with van der Waals surface area (Å²) in [7, 11) is 0. The Kier molecular flexibility index (Phi) is 9.07. The van der Waals surface area contributed by atoms with Crippen molar-refractivity contribution in [2.75, 3.05) is 25.0 Å². The molecule has 2 aromatic rings. The minimum atomic E-state index is -0.450. The van der Waals surface area contributed by atoms with Crippen molar-refractivity contribution in [1.29, 1.82) is 0 Å². The maximum Gasteiger partial charge on any atom is 0.222 e. The number of aromatic nitrogens is 2. The van der Waals surface area contributed by atoms with Crippen LogP contribution in [0.3, 0.4) is 0 Å². The Morgan fingerprint density at radius 2 is 1.92 bits per heavy atom. The Morgan fingerprint density at radius 3 is 2.58 bits per heavy atom. The fourth-order valence-corrected chi connectivity index (χ4v) is 3.63. The van der Waals surface area contributed by atoms with E-state index >= 15 is 0 Å². The van der Waals surface area contributed by atoms with Gasteiger partial charge in [-0.1, -0.05) is 29.8 Å². The maximum absolute atomic E-state index is 9.45. The first-order valence-electron chi connectivity index (χ1n) is 8.33. The van der Waals surface area contributed by atoms with Crippen LogP contribution in [-0.4, -0.2) is 40.8 Å². The molecule has 0 saturated carbocycles. The van der Waals surface area contributed by atoms with Crippen molar-refractivity contribution >= 4 is 42.4 Å². The molecule has 5 nitrogen and oxygen atoms in total. The third-order valence-electron chi connectivity index (χ3n) is 4.55. The zero-order chi connectivity index (χ0) is 17.0. The average molecular weight is 420 g/mol. The molecule has 1 aliphatic rings. The van der Waals surface area contributed by atoms with E-state index in [4.69, 9.17) is 16.6 Å². The lowest BCUT2D eigenvalue weighted by Crippen LogP contribution is -2.41. The number of halogens is 3. The molecule has 0 radical (unpaired) electrons. The SMILES string of the molecule is C[C@@H](O)CNc1nccc(C2(c3ccccc3Cl)CCNCC2)n1.Cl.Cl. The van der Waals surface area contributed by atoms with Crippen LogP contribution in [0.15, 0.2) is 36.5 Å². The summed E-state index contributed by atoms with van der Waals surface area (Å²) in [5.41, 5.74) is 1.88. The molecule has 0 unspecified atom stereocenters. The molecule has 1 fully saturated rings. The van der Waals surface area contributed by atoms with Crippen LogP contribution >= 0.6 is 36.4 Å². The predicted octanol–water partition coefficient (Wildman–Crippen LogP) is 3.44. The van der Waals surface area contributed by atoms with E-state index in [1.165, 1.54) is 0 Å². The number of piperidine rings is 1. The van der Waals surface area contributed by atoms with Crippen molar-refractivity contribution in [3.8, 4) is 0 Å². The van der Waals surface area contributed by atoms with Crippen molar-refractivity contribution in [3.05, 3.63) is 52.8 Å². The van der Waals surface area contributed by atoms with E-state index in [0.29, 0.717) is 12.5 Å². The first kappa shape index (κ1) is 22.9. The Bertz CT molecular complexity index is 694. The minimum absolute atomic E-state index is 0. The lowest BCUT2D eigenvalue weighted by Gasteiger charge is -2.38. The van der Waals surface area contributed by atoms with Gasteiger partial charge in [-0.25, -0.2) is 9.97 Å². The van der Waals surface area contributed by atoms with E-state index in [9.17, 15) is 5.11 Å². The van der Waals surface area contributed by atoms with Crippen LogP contribution in [0.2, 0.25) is 5.02 Å². The second-order valence-electron chi connectivity index (χ2n) is 6.31. The highest BCUT2D eigenvalue weighted by molar-refractivity contribution is 6.31. The first-order valence-corrected chi connectivity index (χ1v) is 8.71. The molecule has 144 valence electrons. The van der Waals surface area contributed by atoms with Gasteiger partial charge in [0.1, 0.15) is 0 Å². The summed E-state index contributed by atoms with van der Waals surface area (Å²) in [6, 6.07) is 9.99. The predicted molar refractivity (Wildman–Crippen MR) is 111 cm³/mol. The fraction of sp³-hybridized carbons (Fsp3) is 0.444. The Hall–Kier alpha value is -1.11. The molecule has 2 heterocycles. The molecule has 0 amide bonds. The van der Waals surface area contributed by atoms with Gasteiger partial charge < -0.3 is 15.7 Å². The topological polar surface area (TPSA) is 70.1 Å². The van der Waals surface area contributed by atoms with Gasteiger partial charge in [0.2, 0.25) is 5.95 Å². The number of aliphatic hydroxyl groups is 1. The molecule has 3 N–H and O–H groups in total. The van der Waals surface area contributed by atoms with E-state index in [1.807, 2.05) is 24.3 Å². The molecule has 0 spiro atoms. The van der Waals surface area contributed by atoms with Crippen molar-refractivity contribution in [3.63, 3.8) is 0 Å². The second-order valence-corrected chi connectivity index (χ2v) is 6.71. The van der Waals surface area contributed by atoms with Crippen LogP contribution < -0.4 is 10.6 Å². The molecule has 1 aliphatic heterocycles. The molecule has 8 heteroatoms. The number of rotatable bonds is 5. The van der Waals surface area contributed by atoms with Gasteiger partial charge in [-0.2, -0.15) is 0 Å². The van der Waals surface area contributed by atoms with Crippen LogP contribution in [0.25, 0.3) is 0 Å². The number of hydrogen-bond donors (Lipinski definition) is 3. The first-order chi connectivity index (χ1) is 11.6. The van der Waals surface area contributed by atoms with Crippen LogP contribution in [0.5, 0.6) is 0 Å². The summed E-state index contributed by atoms with van der Waals surface area (Å²) in [5, 5.41) is 16.7. The molecular weight excluding hydrogens is 395 g/mol. The van der Waals surface area contributed by atoms with Gasteiger partial charge in [0.05, 0.1) is 11.8 Å². The number of anilines is 1. The van der Waals surface area contributed by atoms with Gasteiger partial charge in [-0.3, -0.25) is 0 Å². The Morgan fingerprint density at radius 1 is 1.23 bits per heavy atom. The number of aliphatic hydroxyl groups excluding tert-OH is 1. The Balaban J connectivity index is 0.00000169. The molecule has 3 rings (SSSR count). The van der Waals surface area contributed by atoms with Crippen molar-refractivity contribution in [2.45, 2.75) is 31.3 Å². The van der Waals surface area contributed by atoms with Crippen LogP contribution in [0, 0.1) is 0 Å². The van der Waals surface area contributed by atoms with Crippen molar-refractivity contribution in [1.82, 2.24) is 15.3 Å². The van der Waals surface area contributed by atoms with Crippen LogP contribution in [-0.2, 0) is 5.41 Å². The molecular formula is C18H25Cl3N4O. The molecule has 0 bridgehead atoms. The quantitative estimate of drug-likeness (QED) is 0.692. The normalized spacial score (nSPS) is 16.7. The third kappa shape index (κ3) is 4.99. The number of nitrogens with zero attached hydrogens (tertiary/aromatic N) is 2. The van der Waals surface area contributed by atoms with Crippen LogP contribution in [0.4, 0.5) is 5.95 Å². The zero-order valence-corrected chi connectivity index (χ0v) is 17.0. The molecule has 26 heavy (non-hydrogen) atoms. The van der Waals surface area contributed by atoms with Crippen LogP contribution in [0.1, 0.15) is 31.0 Å². The highest BCUT2D eigenvalue weighted by Crippen LogP contribution is 2.42. The monoisotopic (exact) mass is 418 g/mol. The Labute approximate surface area is 171 Å². The van der Waals surface area contributed by atoms with Gasteiger partial charge in [-0.15, -0.1) is 24.8 Å². The molecule has 1 aromatic carbocycles. The second kappa shape index (κ2) is 10.3. The highest BCUT2D eigenvalue weighted by atomic mass is 35.5. The van der Waals surface area contributed by atoms with E-state index < -0.39 is 6.10 Å². The summed E-state index contributed by atoms with van der Waals surface area (Å²) < 4.78 is 0. The molecule has 0 aliphatic carbocycles. The fourth-order valence-electron chi connectivity index (χ4n) is 3.32. The summed E-state index contributed by atoms with van der Waals surface area (Å²) in [6.45, 7) is 4.00. The smallest absolute Gasteiger partial charge is 0.222 e. The summed E-state index contributed by atoms with van der Waals surface area (Å²) in [5.74, 6) is 0.540. The summed E-state index contributed by atoms with van der Waals surface area (Å²) in [4.78, 5) is 9.01. The highest BCUT2D eigenvalue weighted by Gasteiger charge is 2.38. The standard InChI is InChI=1S/C18H23ClN4O.2ClH/c1-13(24)12-22-17-21-9-6-16(23-17)18(7-10-20-11-8-18)14-4-2-3-5-15(14)19;;/h2-6,9,13,20,24H,7-8,10-12H2,1H3,(H,21,22,23);2*1H/t13-;;/m1../s1. The summed E-state index contributed by atoms with van der Waals surface area (Å²) >= 11 is 6.53. The zero-order valence-electron chi connectivity index (χ0n) is 14.6. The van der Waals surface area contributed by atoms with Gasteiger partial charge >= 0.3 is 0 Å². The maximum atomic E-state index is 9.45. The largest absolute Gasteiger partial charge is 0.392 e. The van der Waals surface area contributed by atoms with E-state index in [1.54, 1.807) is 13.1 Å². The number of benzene rings is 1. The lowest BCUT2D eigenvalue weighted by atomic mass is 9.70. The van der Waals surface area contributed by atoms with E-state index in [0.717, 1.165) is 42.2 Å². The molecule has 1 atom stereocenters. The summed E-state index contributed by atoms with van der Waals surface area (Å²) in [6.07, 6.45) is 3.19. The number of hydrogen-bond acceptors (Lipinski definition) is 5. The van der Waals surface area contributed by atoms with Gasteiger partial charge in [0.15, 0.2) is 0 Å². The molecule has 1 saturated heterocycles. The minimum Gasteiger partial charge on any atom is -0.392 e. The van der Waals surface area contributed by atoms with Crippen molar-refractivity contribution < 1.29 is 5.11 Å².